The van der Waals surface area contributed by atoms with Gasteiger partial charge in [-0.25, -0.2) is 0 Å². The van der Waals surface area contributed by atoms with Gasteiger partial charge in [0.2, 0.25) is 0 Å². The second kappa shape index (κ2) is 7.27. The highest BCUT2D eigenvalue weighted by atomic mass is 16.7. The predicted octanol–water partition coefficient (Wildman–Crippen LogP) is 8.49. The molecule has 0 radical (unpaired) electrons. The summed E-state index contributed by atoms with van der Waals surface area (Å²) in [7, 11) is 0. The van der Waals surface area contributed by atoms with Crippen LogP contribution in [0.5, 0.6) is 0 Å². The van der Waals surface area contributed by atoms with Crippen molar-refractivity contribution >= 4 is 0 Å². The Kier molecular flexibility index (Phi) is 5.19. The van der Waals surface area contributed by atoms with Crippen LogP contribution in [-0.2, 0) is 9.47 Å². The first-order chi connectivity index (χ1) is 15.8. The van der Waals surface area contributed by atoms with Gasteiger partial charge in [0, 0.05) is 11.8 Å². The highest BCUT2D eigenvalue weighted by Crippen LogP contribution is 2.78. The van der Waals surface area contributed by atoms with Crippen molar-refractivity contribution in [1.29, 1.82) is 0 Å². The summed E-state index contributed by atoms with van der Waals surface area (Å²) in [5.74, 6) is 4.91. The minimum atomic E-state index is -0.326. The normalized spacial score (nSPS) is 55.5. The van der Waals surface area contributed by atoms with Gasteiger partial charge in [0.1, 0.15) is 0 Å². The van der Waals surface area contributed by atoms with Gasteiger partial charge in [-0.2, -0.15) is 0 Å². The number of ether oxygens (including phenoxy) is 2. The van der Waals surface area contributed by atoms with E-state index in [-0.39, 0.29) is 11.2 Å². The van der Waals surface area contributed by atoms with Crippen molar-refractivity contribution in [2.75, 3.05) is 13.2 Å². The highest BCUT2D eigenvalue weighted by Gasteiger charge is 2.72. The molecule has 1 spiro atoms. The zero-order valence-corrected chi connectivity index (χ0v) is 23.8. The molecule has 0 unspecified atom stereocenters. The van der Waals surface area contributed by atoms with Gasteiger partial charge in [-0.05, 0) is 115 Å². The van der Waals surface area contributed by atoms with Crippen molar-refractivity contribution in [2.45, 2.75) is 125 Å². The fraction of sp³-hybridized carbons (Fsp3) is 1.00. The summed E-state index contributed by atoms with van der Waals surface area (Å²) in [5, 5.41) is 0. The fourth-order valence-corrected chi connectivity index (χ4v) is 12.6. The first-order valence-electron chi connectivity index (χ1n) is 15.1. The molecule has 6 rings (SSSR count). The van der Waals surface area contributed by atoms with Crippen molar-refractivity contribution in [2.24, 2.45) is 62.6 Å². The van der Waals surface area contributed by atoms with Crippen LogP contribution in [0.2, 0.25) is 0 Å². The van der Waals surface area contributed by atoms with Gasteiger partial charge in [0.25, 0.3) is 0 Å². The zero-order valence-electron chi connectivity index (χ0n) is 23.8. The molecule has 1 saturated heterocycles. The van der Waals surface area contributed by atoms with Crippen LogP contribution in [0.25, 0.3) is 0 Å². The number of fused-ring (bicyclic) bond motifs is 7. The third kappa shape index (κ3) is 2.72. The first-order valence-corrected chi connectivity index (χ1v) is 15.1. The molecule has 0 aromatic rings. The van der Waals surface area contributed by atoms with E-state index in [4.69, 9.17) is 9.47 Å². The minimum Gasteiger partial charge on any atom is -0.347 e. The molecule has 194 valence electrons. The van der Waals surface area contributed by atoms with Gasteiger partial charge in [0.15, 0.2) is 5.79 Å². The van der Waals surface area contributed by atoms with Crippen molar-refractivity contribution in [3.05, 3.63) is 0 Å². The zero-order chi connectivity index (χ0) is 24.4. The average molecular weight is 471 g/mol. The van der Waals surface area contributed by atoms with E-state index in [0.717, 1.165) is 49.2 Å². The third-order valence-corrected chi connectivity index (χ3v) is 14.6. The molecule has 6 aliphatic rings. The molecular weight excluding hydrogens is 416 g/mol. The summed E-state index contributed by atoms with van der Waals surface area (Å²) in [6.45, 7) is 22.6. The van der Waals surface area contributed by atoms with Crippen LogP contribution < -0.4 is 0 Å². The van der Waals surface area contributed by atoms with Crippen molar-refractivity contribution in [3.8, 4) is 0 Å². The molecule has 5 aliphatic carbocycles. The fourth-order valence-electron chi connectivity index (χ4n) is 12.6. The summed E-state index contributed by atoms with van der Waals surface area (Å²) < 4.78 is 12.9. The number of hydrogen-bond donors (Lipinski definition) is 0. The quantitative estimate of drug-likeness (QED) is 0.382. The summed E-state index contributed by atoms with van der Waals surface area (Å²) in [6, 6.07) is 0. The van der Waals surface area contributed by atoms with Crippen molar-refractivity contribution < 1.29 is 9.47 Å². The summed E-state index contributed by atoms with van der Waals surface area (Å²) >= 11 is 0. The molecule has 6 fully saturated rings. The van der Waals surface area contributed by atoms with Crippen molar-refractivity contribution in [3.63, 3.8) is 0 Å². The molecule has 0 aromatic heterocycles. The molecule has 0 aromatic carbocycles. The average Bonchev–Trinajstić information content (AvgIpc) is 3.38. The Hall–Kier alpha value is -0.0800. The van der Waals surface area contributed by atoms with Crippen LogP contribution in [0.4, 0.5) is 0 Å². The Labute approximate surface area is 210 Å². The predicted molar refractivity (Wildman–Crippen MR) is 139 cm³/mol. The molecular formula is C32H54O2. The molecule has 1 heterocycles. The standard InChI is InChI=1S/C32H54O2/c1-21(2)22-11-13-28(5)15-17-30(7)23(26(22)28)9-10-25-29(6)16-18-32(33-19-20-34-32)27(3,4)24(29)12-14-31(25,30)8/h21-26H,9-20H2,1-8H3/t22-,23+,24-,25+,26+,28+,29-,30+,31+/m0/s1. The largest absolute Gasteiger partial charge is 0.347 e. The van der Waals surface area contributed by atoms with Crippen LogP contribution in [0.3, 0.4) is 0 Å². The van der Waals surface area contributed by atoms with E-state index in [0.29, 0.717) is 27.6 Å². The summed E-state index contributed by atoms with van der Waals surface area (Å²) in [6.07, 6.45) is 14.0. The van der Waals surface area contributed by atoms with Gasteiger partial charge in [-0.3, -0.25) is 0 Å². The summed E-state index contributed by atoms with van der Waals surface area (Å²) in [4.78, 5) is 0. The van der Waals surface area contributed by atoms with E-state index in [1.165, 1.54) is 57.8 Å². The van der Waals surface area contributed by atoms with E-state index in [9.17, 15) is 0 Å². The van der Waals surface area contributed by atoms with Crippen LogP contribution in [-0.4, -0.2) is 19.0 Å². The lowest BCUT2D eigenvalue weighted by Crippen LogP contribution is -2.68. The molecule has 2 heteroatoms. The monoisotopic (exact) mass is 470 g/mol. The topological polar surface area (TPSA) is 18.5 Å². The van der Waals surface area contributed by atoms with E-state index in [1.54, 1.807) is 0 Å². The Balaban J connectivity index is 1.37. The third-order valence-electron chi connectivity index (χ3n) is 14.6. The SMILES string of the molecule is CC(C)[C@@H]1CC[C@]2(C)CC[C@]3(C)[C@H](CC[C@@H]4[C@@]5(C)CCC6(OCCO6)C(C)(C)[C@@H]5CC[C@]43C)[C@@H]12. The van der Waals surface area contributed by atoms with E-state index in [1.807, 2.05) is 0 Å². The second-order valence-corrected chi connectivity index (χ2v) is 16.0. The smallest absolute Gasteiger partial charge is 0.173 e. The second-order valence-electron chi connectivity index (χ2n) is 16.0. The van der Waals surface area contributed by atoms with Crippen LogP contribution in [0.15, 0.2) is 0 Å². The maximum absolute atomic E-state index is 6.43. The maximum Gasteiger partial charge on any atom is 0.173 e. The number of hydrogen-bond acceptors (Lipinski definition) is 2. The van der Waals surface area contributed by atoms with Gasteiger partial charge in [-0.15, -0.1) is 0 Å². The molecule has 5 saturated carbocycles. The Bertz CT molecular complexity index is 825. The van der Waals surface area contributed by atoms with Gasteiger partial charge in [0.05, 0.1) is 13.2 Å². The van der Waals surface area contributed by atoms with Gasteiger partial charge in [-0.1, -0.05) is 55.4 Å². The van der Waals surface area contributed by atoms with Crippen LogP contribution in [0, 0.1) is 62.6 Å². The Morgan fingerprint density at radius 3 is 2.03 bits per heavy atom. The molecule has 9 atom stereocenters. The molecule has 1 aliphatic heterocycles. The molecule has 0 amide bonds. The van der Waals surface area contributed by atoms with E-state index < -0.39 is 0 Å². The molecule has 0 N–H and O–H groups in total. The van der Waals surface area contributed by atoms with Crippen LogP contribution >= 0.6 is 0 Å². The van der Waals surface area contributed by atoms with Gasteiger partial charge >= 0.3 is 0 Å². The van der Waals surface area contributed by atoms with Crippen molar-refractivity contribution in [1.82, 2.24) is 0 Å². The highest BCUT2D eigenvalue weighted by molar-refractivity contribution is 5.20. The lowest BCUT2D eigenvalue weighted by Gasteiger charge is -2.73. The molecule has 0 bridgehead atoms. The van der Waals surface area contributed by atoms with Crippen LogP contribution in [0.1, 0.15) is 120 Å². The molecule has 2 nitrogen and oxygen atoms in total. The number of rotatable bonds is 1. The lowest BCUT2D eigenvalue weighted by atomic mass is 9.32. The Morgan fingerprint density at radius 2 is 1.35 bits per heavy atom. The lowest BCUT2D eigenvalue weighted by molar-refractivity contribution is -0.317. The Morgan fingerprint density at radius 1 is 0.647 bits per heavy atom. The van der Waals surface area contributed by atoms with E-state index in [2.05, 4.69) is 55.4 Å². The van der Waals surface area contributed by atoms with E-state index >= 15 is 0 Å². The summed E-state index contributed by atoms with van der Waals surface area (Å²) in [5.41, 5.74) is 2.10. The molecule has 34 heavy (non-hydrogen) atoms. The first kappa shape index (κ1) is 24.3. The maximum atomic E-state index is 6.43. The van der Waals surface area contributed by atoms with Gasteiger partial charge < -0.3 is 9.47 Å². The minimum absolute atomic E-state index is 0.0922.